The summed E-state index contributed by atoms with van der Waals surface area (Å²) in [6.07, 6.45) is 1.73. The van der Waals surface area contributed by atoms with Crippen LogP contribution in [0.4, 0.5) is 0 Å². The van der Waals surface area contributed by atoms with Gasteiger partial charge in [-0.3, -0.25) is 4.79 Å². The maximum absolute atomic E-state index is 12.0. The molecule has 0 spiro atoms. The van der Waals surface area contributed by atoms with Gasteiger partial charge in [-0.2, -0.15) is 5.26 Å². The number of rotatable bonds is 5. The van der Waals surface area contributed by atoms with Crippen LogP contribution in [0.5, 0.6) is 5.75 Å². The van der Waals surface area contributed by atoms with E-state index in [2.05, 4.69) is 35.8 Å². The van der Waals surface area contributed by atoms with Crippen molar-refractivity contribution in [2.75, 3.05) is 0 Å². The molecule has 1 amide bonds. The van der Waals surface area contributed by atoms with Gasteiger partial charge in [-0.15, -0.1) is 0 Å². The summed E-state index contributed by atoms with van der Waals surface area (Å²) >= 11 is 0. The van der Waals surface area contributed by atoms with Crippen molar-refractivity contribution >= 4 is 22.5 Å². The molecule has 0 aliphatic carbocycles. The Kier molecular flexibility index (Phi) is 5.84. The molecule has 174 valence electrons. The number of amides is 1. The van der Waals surface area contributed by atoms with Crippen molar-refractivity contribution in [2.24, 2.45) is 5.73 Å². The maximum atomic E-state index is 12.0. The number of hydrogen-bond acceptors (Lipinski definition) is 4. The van der Waals surface area contributed by atoms with E-state index in [9.17, 15) is 10.1 Å². The molecule has 2 N–H and O–H groups in total. The van der Waals surface area contributed by atoms with Crippen LogP contribution in [0.25, 0.3) is 16.6 Å². The third kappa shape index (κ3) is 3.95. The van der Waals surface area contributed by atoms with Crippen LogP contribution in [0.15, 0.2) is 66.2 Å². The predicted octanol–water partition coefficient (Wildman–Crippen LogP) is 5.37. The summed E-state index contributed by atoms with van der Waals surface area (Å²) in [7, 11) is 0. The topological polar surface area (TPSA) is 93.9 Å². The van der Waals surface area contributed by atoms with E-state index in [4.69, 9.17) is 15.5 Å². The zero-order valence-corrected chi connectivity index (χ0v) is 19.8. The van der Waals surface area contributed by atoms with Crippen molar-refractivity contribution in [2.45, 2.75) is 39.8 Å². The van der Waals surface area contributed by atoms with E-state index in [0.29, 0.717) is 29.8 Å². The van der Waals surface area contributed by atoms with Crippen molar-refractivity contribution in [1.29, 1.82) is 5.26 Å². The van der Waals surface area contributed by atoms with E-state index in [1.807, 2.05) is 43.3 Å². The van der Waals surface area contributed by atoms with Gasteiger partial charge in [0.1, 0.15) is 23.7 Å². The highest BCUT2D eigenvalue weighted by molar-refractivity contribution is 6.04. The molecule has 1 aliphatic rings. The number of ether oxygens (including phenoxy) is 1. The summed E-state index contributed by atoms with van der Waals surface area (Å²) in [6, 6.07) is 22.0. The number of nitrogens with zero attached hydrogens (tertiary/aromatic N) is 3. The Bertz CT molecular complexity index is 1540. The van der Waals surface area contributed by atoms with Crippen molar-refractivity contribution < 1.29 is 9.53 Å². The van der Waals surface area contributed by atoms with Crippen molar-refractivity contribution in [3.63, 3.8) is 0 Å². The monoisotopic (exact) mass is 462 g/mol. The van der Waals surface area contributed by atoms with Crippen LogP contribution in [0.2, 0.25) is 0 Å². The second-order valence-corrected chi connectivity index (χ2v) is 8.79. The van der Waals surface area contributed by atoms with Gasteiger partial charge in [0, 0.05) is 29.7 Å². The average molecular weight is 463 g/mol. The predicted molar refractivity (Wildman–Crippen MR) is 136 cm³/mol. The number of allylic oxidation sites excluding steroid dienone is 1. The summed E-state index contributed by atoms with van der Waals surface area (Å²) in [5.41, 5.74) is 13.2. The lowest BCUT2D eigenvalue weighted by atomic mass is 9.90. The van der Waals surface area contributed by atoms with Crippen molar-refractivity contribution in [3.05, 3.63) is 99.9 Å². The minimum absolute atomic E-state index is 0.417. The molecule has 1 aromatic heterocycles. The van der Waals surface area contributed by atoms with Crippen LogP contribution < -0.4 is 10.5 Å². The standard InChI is InChI=1S/C29H26N4O2/c1-3-7-26-32-28-23(29(31)34)9-6-10-24(28)33(26)16-19-12-13-21-20(14-19)17-35-25-11-5-4-8-22(25)27(21)18(2)15-30/h4-6,8-14H,3,7,16-17H2,1-2H3,(H2,31,34)/b27-18+. The van der Waals surface area contributed by atoms with Gasteiger partial charge in [0.05, 0.1) is 17.1 Å². The summed E-state index contributed by atoms with van der Waals surface area (Å²) in [5.74, 6) is 1.23. The first-order valence-corrected chi connectivity index (χ1v) is 11.7. The minimum Gasteiger partial charge on any atom is -0.488 e. The molecule has 0 fully saturated rings. The van der Waals surface area contributed by atoms with Gasteiger partial charge in [0.15, 0.2) is 0 Å². The Labute approximate surface area is 204 Å². The highest BCUT2D eigenvalue weighted by atomic mass is 16.5. The normalized spacial score (nSPS) is 13.9. The second kappa shape index (κ2) is 9.11. The smallest absolute Gasteiger partial charge is 0.250 e. The molecule has 0 saturated heterocycles. The molecular formula is C29H26N4O2. The number of carbonyl (C=O) groups is 1. The molecule has 0 radical (unpaired) electrons. The number of primary amides is 1. The number of imidazole rings is 1. The Balaban J connectivity index is 1.61. The minimum atomic E-state index is -0.475. The molecule has 0 atom stereocenters. The first kappa shape index (κ1) is 22.4. The number of aryl methyl sites for hydroxylation is 1. The lowest BCUT2D eigenvalue weighted by molar-refractivity contribution is 0.100. The summed E-state index contributed by atoms with van der Waals surface area (Å²) < 4.78 is 8.31. The Morgan fingerprint density at radius 2 is 1.97 bits per heavy atom. The molecule has 2 heterocycles. The number of fused-ring (bicyclic) bond motifs is 3. The summed E-state index contributed by atoms with van der Waals surface area (Å²) in [6.45, 7) is 4.98. The maximum Gasteiger partial charge on any atom is 0.250 e. The number of aromatic nitrogens is 2. The average Bonchev–Trinajstić information content (AvgIpc) is 3.11. The number of nitrogens with two attached hydrogens (primary N) is 1. The molecule has 3 aromatic carbocycles. The Hall–Kier alpha value is -4.37. The van der Waals surface area contributed by atoms with Crippen molar-refractivity contribution in [3.8, 4) is 11.8 Å². The fraction of sp³-hybridized carbons (Fsp3) is 0.207. The zero-order valence-electron chi connectivity index (χ0n) is 19.8. The van der Waals surface area contributed by atoms with Crippen LogP contribution in [0.1, 0.15) is 58.7 Å². The van der Waals surface area contributed by atoms with Gasteiger partial charge in [-0.25, -0.2) is 4.98 Å². The Morgan fingerprint density at radius 3 is 2.74 bits per heavy atom. The first-order chi connectivity index (χ1) is 17.0. The molecule has 0 unspecified atom stereocenters. The van der Waals surface area contributed by atoms with E-state index in [1.54, 1.807) is 6.07 Å². The number of benzene rings is 3. The molecule has 4 aromatic rings. The Morgan fingerprint density at radius 1 is 1.14 bits per heavy atom. The third-order valence-corrected chi connectivity index (χ3v) is 6.46. The molecule has 0 saturated carbocycles. The van der Waals surface area contributed by atoms with Gasteiger partial charge in [0.25, 0.3) is 5.91 Å². The van der Waals surface area contributed by atoms with Crippen LogP contribution in [-0.2, 0) is 19.6 Å². The number of hydrogen-bond donors (Lipinski definition) is 1. The van der Waals surface area contributed by atoms with Gasteiger partial charge >= 0.3 is 0 Å². The SMILES string of the molecule is CCCc1nc2c(C(N)=O)cccc2n1Cc1ccc2c(c1)COc1ccccc1/C2=C(\C)C#N. The van der Waals surface area contributed by atoms with Gasteiger partial charge in [-0.1, -0.05) is 43.3 Å². The largest absolute Gasteiger partial charge is 0.488 e. The number of para-hydroxylation sites is 2. The molecular weight excluding hydrogens is 436 g/mol. The first-order valence-electron chi connectivity index (χ1n) is 11.7. The number of nitriles is 1. The fourth-order valence-corrected chi connectivity index (χ4v) is 4.84. The van der Waals surface area contributed by atoms with Gasteiger partial charge in [-0.05, 0) is 54.3 Å². The van der Waals surface area contributed by atoms with Crippen LogP contribution in [0.3, 0.4) is 0 Å². The molecule has 6 nitrogen and oxygen atoms in total. The second-order valence-electron chi connectivity index (χ2n) is 8.79. The van der Waals surface area contributed by atoms with Crippen LogP contribution in [-0.4, -0.2) is 15.5 Å². The molecule has 6 heteroatoms. The van der Waals surface area contributed by atoms with Crippen LogP contribution >= 0.6 is 0 Å². The highest BCUT2D eigenvalue weighted by Crippen LogP contribution is 2.38. The van der Waals surface area contributed by atoms with Gasteiger partial charge < -0.3 is 15.0 Å². The molecule has 1 aliphatic heterocycles. The number of carbonyl (C=O) groups excluding carboxylic acids is 1. The van der Waals surface area contributed by atoms with Crippen LogP contribution in [0, 0.1) is 11.3 Å². The lowest BCUT2D eigenvalue weighted by Gasteiger charge is -2.14. The summed E-state index contributed by atoms with van der Waals surface area (Å²) in [5, 5.41) is 9.71. The summed E-state index contributed by atoms with van der Waals surface area (Å²) in [4.78, 5) is 16.8. The third-order valence-electron chi connectivity index (χ3n) is 6.46. The van der Waals surface area contributed by atoms with E-state index in [-0.39, 0.29) is 0 Å². The van der Waals surface area contributed by atoms with Crippen molar-refractivity contribution in [1.82, 2.24) is 9.55 Å². The molecule has 0 bridgehead atoms. The molecule has 5 rings (SSSR count). The zero-order chi connectivity index (χ0) is 24.5. The van der Waals surface area contributed by atoms with E-state index >= 15 is 0 Å². The van der Waals surface area contributed by atoms with E-state index < -0.39 is 5.91 Å². The van der Waals surface area contributed by atoms with E-state index in [0.717, 1.165) is 57.8 Å². The van der Waals surface area contributed by atoms with E-state index in [1.165, 1.54) is 0 Å². The highest BCUT2D eigenvalue weighted by Gasteiger charge is 2.22. The fourth-order valence-electron chi connectivity index (χ4n) is 4.84. The molecule has 35 heavy (non-hydrogen) atoms. The lowest BCUT2D eigenvalue weighted by Crippen LogP contribution is -2.11. The van der Waals surface area contributed by atoms with Gasteiger partial charge in [0.2, 0.25) is 0 Å². The quantitative estimate of drug-likeness (QED) is 0.403.